The van der Waals surface area contributed by atoms with Gasteiger partial charge < -0.3 is 30.3 Å². The van der Waals surface area contributed by atoms with E-state index in [0.717, 1.165) is 5.56 Å². The molecule has 9 nitrogen and oxygen atoms in total. The van der Waals surface area contributed by atoms with Crippen LogP contribution in [0, 0.1) is 11.8 Å². The van der Waals surface area contributed by atoms with Gasteiger partial charge in [-0.05, 0) is 48.1 Å². The number of aromatic hydroxyl groups is 1. The molecule has 0 spiro atoms. The molecule has 176 valence electrons. The van der Waals surface area contributed by atoms with Crippen LogP contribution in [0.25, 0.3) is 5.76 Å². The fourth-order valence-corrected chi connectivity index (χ4v) is 5.61. The first kappa shape index (κ1) is 22.0. The van der Waals surface area contributed by atoms with Crippen molar-refractivity contribution >= 4 is 23.2 Å². The molecular formula is C25H24N2O7. The lowest BCUT2D eigenvalue weighted by atomic mass is 9.59. The predicted octanol–water partition coefficient (Wildman–Crippen LogP) is 1.53. The number of likely N-dealkylation sites (N-methyl/N-ethyl adjacent to an activating group) is 1. The van der Waals surface area contributed by atoms with Crippen molar-refractivity contribution in [3.8, 4) is 5.75 Å². The van der Waals surface area contributed by atoms with Gasteiger partial charge in [0.2, 0.25) is 5.78 Å². The summed E-state index contributed by atoms with van der Waals surface area (Å²) in [6.45, 7) is 0.490. The van der Waals surface area contributed by atoms with E-state index in [9.17, 15) is 34.8 Å². The topological polar surface area (TPSA) is 149 Å². The third-order valence-electron chi connectivity index (χ3n) is 7.27. The number of hydrogen-bond donors (Lipinski definition) is 5. The normalized spacial score (nSPS) is 26.2. The number of rotatable bonds is 3. The number of aromatic nitrogens is 1. The number of amides is 1. The molecule has 0 aliphatic heterocycles. The van der Waals surface area contributed by atoms with Gasteiger partial charge in [0.1, 0.15) is 22.8 Å². The first-order valence-electron chi connectivity index (χ1n) is 11.0. The zero-order valence-electron chi connectivity index (χ0n) is 18.4. The fourth-order valence-electron chi connectivity index (χ4n) is 5.61. The Bertz CT molecular complexity index is 1300. The van der Waals surface area contributed by atoms with Gasteiger partial charge in [-0.1, -0.05) is 6.07 Å². The summed E-state index contributed by atoms with van der Waals surface area (Å²) >= 11 is 0. The molecule has 0 bridgehead atoms. The molecule has 1 heterocycles. The minimum absolute atomic E-state index is 0.114. The molecule has 1 aromatic carbocycles. The number of aliphatic hydroxyl groups is 3. The second-order valence-corrected chi connectivity index (χ2v) is 9.07. The number of benzene rings is 1. The van der Waals surface area contributed by atoms with Crippen molar-refractivity contribution in [3.05, 3.63) is 70.3 Å². The Kier molecular flexibility index (Phi) is 4.91. The standard InChI is InChI=1S/C25H24N2O7/c1-26-24(33)20-17(29)10-14-8-13-9-15-12(11-27-6-2-3-7-27)4-5-16(28)19(15)21(30)18(13)22(31)25(14,34)23(20)32/h2-7,13-14,28,30,32,34H,8-11H2,1H3,(H,26,33)/t13?,14?,25-/m0/s1. The van der Waals surface area contributed by atoms with E-state index in [-0.39, 0.29) is 29.7 Å². The minimum atomic E-state index is -2.51. The van der Waals surface area contributed by atoms with Gasteiger partial charge in [-0.2, -0.15) is 0 Å². The van der Waals surface area contributed by atoms with Gasteiger partial charge in [0, 0.05) is 43.9 Å². The second kappa shape index (κ2) is 7.59. The maximum Gasteiger partial charge on any atom is 0.258 e. The lowest BCUT2D eigenvalue weighted by molar-refractivity contribution is -0.147. The van der Waals surface area contributed by atoms with Crippen LogP contribution in [0.1, 0.15) is 29.5 Å². The van der Waals surface area contributed by atoms with Crippen LogP contribution in [0.3, 0.4) is 0 Å². The van der Waals surface area contributed by atoms with Gasteiger partial charge in [-0.15, -0.1) is 0 Å². The molecule has 34 heavy (non-hydrogen) atoms. The number of hydrogen-bond acceptors (Lipinski definition) is 7. The highest BCUT2D eigenvalue weighted by atomic mass is 16.3. The number of ketones is 2. The molecule has 2 aromatic rings. The number of carbonyl (C=O) groups is 3. The van der Waals surface area contributed by atoms with E-state index in [1.165, 1.54) is 13.1 Å². The zero-order valence-corrected chi connectivity index (χ0v) is 18.4. The van der Waals surface area contributed by atoms with Crippen molar-refractivity contribution in [1.29, 1.82) is 0 Å². The molecule has 1 amide bonds. The van der Waals surface area contributed by atoms with Gasteiger partial charge >= 0.3 is 0 Å². The largest absolute Gasteiger partial charge is 0.508 e. The van der Waals surface area contributed by atoms with Crippen molar-refractivity contribution in [2.45, 2.75) is 31.4 Å². The zero-order chi connectivity index (χ0) is 24.4. The van der Waals surface area contributed by atoms with Gasteiger partial charge in [-0.3, -0.25) is 14.4 Å². The van der Waals surface area contributed by atoms with E-state index >= 15 is 0 Å². The molecule has 3 aliphatic carbocycles. The lowest BCUT2D eigenvalue weighted by Gasteiger charge is -2.46. The molecule has 3 aliphatic rings. The average Bonchev–Trinajstić information content (AvgIpc) is 3.31. The highest BCUT2D eigenvalue weighted by Gasteiger charge is 2.60. The van der Waals surface area contributed by atoms with Crippen LogP contribution in [-0.2, 0) is 27.3 Å². The summed E-state index contributed by atoms with van der Waals surface area (Å²) in [5.41, 5.74) is -1.62. The molecular weight excluding hydrogens is 440 g/mol. The van der Waals surface area contributed by atoms with Gasteiger partial charge in [-0.25, -0.2) is 0 Å². The highest BCUT2D eigenvalue weighted by molar-refractivity contribution is 6.23. The third kappa shape index (κ3) is 2.93. The molecule has 3 atom stereocenters. The Morgan fingerprint density at radius 2 is 1.85 bits per heavy atom. The number of Topliss-reactive ketones (excluding diaryl/α,β-unsaturated/α-hetero) is 2. The number of aliphatic hydroxyl groups excluding tert-OH is 2. The summed E-state index contributed by atoms with van der Waals surface area (Å²) < 4.78 is 1.94. The van der Waals surface area contributed by atoms with Crippen LogP contribution >= 0.6 is 0 Å². The van der Waals surface area contributed by atoms with E-state index in [0.29, 0.717) is 18.5 Å². The van der Waals surface area contributed by atoms with Crippen molar-refractivity contribution < 1.29 is 34.8 Å². The van der Waals surface area contributed by atoms with E-state index < -0.39 is 52.0 Å². The summed E-state index contributed by atoms with van der Waals surface area (Å²) in [4.78, 5) is 38.3. The molecule has 9 heteroatoms. The molecule has 0 radical (unpaired) electrons. The monoisotopic (exact) mass is 464 g/mol. The molecule has 5 rings (SSSR count). The Balaban J connectivity index is 1.65. The molecule has 1 aromatic heterocycles. The SMILES string of the molecule is CNC(=O)C1=C(O)[C@@]2(O)C(=O)C3=C(O)c4c(O)ccc(Cn5cccc5)c4CC3CC2CC1=O. The fraction of sp³-hybridized carbons (Fsp3) is 0.320. The smallest absolute Gasteiger partial charge is 0.258 e. The number of carbonyl (C=O) groups excluding carboxylic acids is 3. The number of nitrogens with one attached hydrogen (secondary N) is 1. The summed E-state index contributed by atoms with van der Waals surface area (Å²) in [7, 11) is 1.27. The summed E-state index contributed by atoms with van der Waals surface area (Å²) in [6.07, 6.45) is 3.93. The highest BCUT2D eigenvalue weighted by Crippen LogP contribution is 2.52. The van der Waals surface area contributed by atoms with Gasteiger partial charge in [0.05, 0.1) is 5.56 Å². The van der Waals surface area contributed by atoms with Crippen LogP contribution in [0.4, 0.5) is 0 Å². The van der Waals surface area contributed by atoms with Gasteiger partial charge in [0.15, 0.2) is 11.4 Å². The van der Waals surface area contributed by atoms with Crippen molar-refractivity contribution in [2.24, 2.45) is 11.8 Å². The van der Waals surface area contributed by atoms with E-state index in [2.05, 4.69) is 5.32 Å². The quantitative estimate of drug-likeness (QED) is 0.433. The number of phenols is 1. The van der Waals surface area contributed by atoms with Crippen molar-refractivity contribution in [2.75, 3.05) is 7.05 Å². The molecule has 0 saturated heterocycles. The van der Waals surface area contributed by atoms with Crippen molar-refractivity contribution in [3.63, 3.8) is 0 Å². The minimum Gasteiger partial charge on any atom is -0.508 e. The third-order valence-corrected chi connectivity index (χ3v) is 7.27. The molecule has 1 saturated carbocycles. The van der Waals surface area contributed by atoms with E-state index in [4.69, 9.17) is 0 Å². The maximum atomic E-state index is 13.6. The molecule has 1 fully saturated rings. The summed E-state index contributed by atoms with van der Waals surface area (Å²) in [5, 5.41) is 46.1. The number of nitrogens with zero attached hydrogens (tertiary/aromatic N) is 1. The van der Waals surface area contributed by atoms with Gasteiger partial charge in [0.25, 0.3) is 5.91 Å². The van der Waals surface area contributed by atoms with Crippen LogP contribution in [-0.4, -0.2) is 55.1 Å². The second-order valence-electron chi connectivity index (χ2n) is 9.07. The van der Waals surface area contributed by atoms with Crippen LogP contribution in [0.15, 0.2) is 53.6 Å². The maximum absolute atomic E-state index is 13.6. The van der Waals surface area contributed by atoms with Crippen molar-refractivity contribution in [1.82, 2.24) is 9.88 Å². The Morgan fingerprint density at radius 3 is 2.53 bits per heavy atom. The Morgan fingerprint density at radius 1 is 1.15 bits per heavy atom. The number of phenolic OH excluding ortho intramolecular Hbond substituents is 1. The molecule has 2 unspecified atom stereocenters. The van der Waals surface area contributed by atoms with Crippen LogP contribution < -0.4 is 5.32 Å². The van der Waals surface area contributed by atoms with E-state index in [1.807, 2.05) is 29.1 Å². The lowest BCUT2D eigenvalue weighted by Crippen LogP contribution is -2.58. The first-order chi connectivity index (χ1) is 16.2. The summed E-state index contributed by atoms with van der Waals surface area (Å²) in [5.74, 6) is -5.65. The van der Waals surface area contributed by atoms with Crippen LogP contribution in [0.5, 0.6) is 5.75 Å². The van der Waals surface area contributed by atoms with E-state index in [1.54, 1.807) is 6.07 Å². The predicted molar refractivity (Wildman–Crippen MR) is 120 cm³/mol. The van der Waals surface area contributed by atoms with Crippen LogP contribution in [0.2, 0.25) is 0 Å². The molecule has 5 N–H and O–H groups in total. The first-order valence-corrected chi connectivity index (χ1v) is 11.0. The number of fused-ring (bicyclic) bond motifs is 3. The average molecular weight is 464 g/mol. The Labute approximate surface area is 194 Å². The summed E-state index contributed by atoms with van der Waals surface area (Å²) in [6, 6.07) is 6.98. The Hall–Kier alpha value is -3.85.